The van der Waals surface area contributed by atoms with Gasteiger partial charge in [-0.2, -0.15) is 0 Å². The van der Waals surface area contributed by atoms with Gasteiger partial charge in [-0.3, -0.25) is 4.79 Å². The second-order valence-electron chi connectivity index (χ2n) is 5.12. The van der Waals surface area contributed by atoms with E-state index in [0.717, 1.165) is 0 Å². The van der Waals surface area contributed by atoms with Crippen LogP contribution in [0.2, 0.25) is 10.0 Å². The summed E-state index contributed by atoms with van der Waals surface area (Å²) in [6, 6.07) is 10.9. The smallest absolute Gasteiger partial charge is 0.326 e. The number of hydrogen-bond acceptors (Lipinski definition) is 3. The molecule has 126 valence electrons. The summed E-state index contributed by atoms with van der Waals surface area (Å²) >= 11 is 11.8. The van der Waals surface area contributed by atoms with Gasteiger partial charge in [0.15, 0.2) is 0 Å². The number of amides is 1. The van der Waals surface area contributed by atoms with Crippen LogP contribution in [0.25, 0.3) is 0 Å². The fourth-order valence-electron chi connectivity index (χ4n) is 2.09. The van der Waals surface area contributed by atoms with E-state index in [1.807, 2.05) is 0 Å². The highest BCUT2D eigenvalue weighted by Gasteiger charge is 2.19. The number of benzene rings is 2. The van der Waals surface area contributed by atoms with E-state index < -0.39 is 17.9 Å². The van der Waals surface area contributed by atoms with E-state index in [4.69, 9.17) is 27.9 Å². The maximum absolute atomic E-state index is 11.2. The summed E-state index contributed by atoms with van der Waals surface area (Å²) < 4.78 is 5.70. The third kappa shape index (κ3) is 5.15. The van der Waals surface area contributed by atoms with Crippen LogP contribution in [0, 0.1) is 0 Å². The first-order valence-electron chi connectivity index (χ1n) is 7.07. The van der Waals surface area contributed by atoms with Crippen LogP contribution in [-0.4, -0.2) is 23.0 Å². The minimum Gasteiger partial charge on any atom is -0.480 e. The maximum atomic E-state index is 11.2. The number of ether oxygens (including phenoxy) is 1. The van der Waals surface area contributed by atoms with Gasteiger partial charge in [0.05, 0.1) is 10.0 Å². The Hall–Kier alpha value is -2.24. The Kier molecular flexibility index (Phi) is 6.06. The van der Waals surface area contributed by atoms with Crippen LogP contribution in [0.1, 0.15) is 12.5 Å². The molecule has 0 fully saturated rings. The van der Waals surface area contributed by atoms with Crippen molar-refractivity contribution < 1.29 is 19.4 Å². The molecule has 0 aromatic heterocycles. The molecule has 0 aliphatic rings. The fraction of sp³-hybridized carbons (Fsp3) is 0.176. The normalized spacial score (nSPS) is 11.6. The summed E-state index contributed by atoms with van der Waals surface area (Å²) in [4.78, 5) is 22.3. The Morgan fingerprint density at radius 3 is 2.46 bits per heavy atom. The summed E-state index contributed by atoms with van der Waals surface area (Å²) in [5.41, 5.74) is 0.716. The number of carbonyl (C=O) groups excluding carboxylic acids is 1. The Bertz CT molecular complexity index is 764. The molecule has 2 rings (SSSR count). The highest BCUT2D eigenvalue weighted by Crippen LogP contribution is 2.29. The molecule has 0 aliphatic carbocycles. The molecule has 2 N–H and O–H groups in total. The van der Waals surface area contributed by atoms with Crippen molar-refractivity contribution in [1.82, 2.24) is 5.32 Å². The lowest BCUT2D eigenvalue weighted by atomic mass is 10.1. The highest BCUT2D eigenvalue weighted by molar-refractivity contribution is 6.42. The number of carbonyl (C=O) groups is 2. The number of rotatable bonds is 6. The number of halogens is 2. The standard InChI is InChI=1S/C17H15Cl2NO4/c1-10(21)20-16(17(22)23)8-11-3-2-4-12(7-11)24-13-5-6-14(18)15(19)9-13/h2-7,9,16H,8H2,1H3,(H,20,21)(H,22,23). The van der Waals surface area contributed by atoms with Gasteiger partial charge in [0.1, 0.15) is 17.5 Å². The van der Waals surface area contributed by atoms with Crippen molar-refractivity contribution in [1.29, 1.82) is 0 Å². The van der Waals surface area contributed by atoms with Gasteiger partial charge in [0.25, 0.3) is 0 Å². The van der Waals surface area contributed by atoms with E-state index in [-0.39, 0.29) is 6.42 Å². The first kappa shape index (κ1) is 18.1. The van der Waals surface area contributed by atoms with Crippen LogP contribution >= 0.6 is 23.2 Å². The zero-order chi connectivity index (χ0) is 17.7. The van der Waals surface area contributed by atoms with Crippen LogP contribution in [0.4, 0.5) is 0 Å². The summed E-state index contributed by atoms with van der Waals surface area (Å²) in [6.07, 6.45) is 0.146. The Labute approximate surface area is 149 Å². The molecule has 0 aliphatic heterocycles. The fourth-order valence-corrected chi connectivity index (χ4v) is 2.38. The van der Waals surface area contributed by atoms with Crippen LogP contribution in [-0.2, 0) is 16.0 Å². The predicted octanol–water partition coefficient (Wildman–Crippen LogP) is 3.92. The number of carboxylic acids is 1. The minimum absolute atomic E-state index is 0.146. The van der Waals surface area contributed by atoms with Crippen molar-refractivity contribution in [3.63, 3.8) is 0 Å². The SMILES string of the molecule is CC(=O)NC(Cc1cccc(Oc2ccc(Cl)c(Cl)c2)c1)C(=O)O. The van der Waals surface area contributed by atoms with E-state index in [2.05, 4.69) is 5.32 Å². The third-order valence-electron chi connectivity index (χ3n) is 3.14. The molecular weight excluding hydrogens is 353 g/mol. The van der Waals surface area contributed by atoms with Gasteiger partial charge < -0.3 is 15.2 Å². The van der Waals surface area contributed by atoms with Gasteiger partial charge in [-0.25, -0.2) is 4.79 Å². The Morgan fingerprint density at radius 2 is 1.83 bits per heavy atom. The maximum Gasteiger partial charge on any atom is 0.326 e. The second-order valence-corrected chi connectivity index (χ2v) is 5.94. The first-order chi connectivity index (χ1) is 11.3. The van der Waals surface area contributed by atoms with E-state index in [0.29, 0.717) is 27.1 Å². The lowest BCUT2D eigenvalue weighted by Crippen LogP contribution is -2.41. The Morgan fingerprint density at radius 1 is 1.12 bits per heavy atom. The molecule has 2 aromatic carbocycles. The second kappa shape index (κ2) is 8.04. The van der Waals surface area contributed by atoms with Crippen LogP contribution in [0.5, 0.6) is 11.5 Å². The summed E-state index contributed by atoms with van der Waals surface area (Å²) in [7, 11) is 0. The van der Waals surface area contributed by atoms with Crippen molar-refractivity contribution in [2.24, 2.45) is 0 Å². The molecule has 2 aromatic rings. The Balaban J connectivity index is 2.14. The quantitative estimate of drug-likeness (QED) is 0.811. The lowest BCUT2D eigenvalue weighted by molar-refractivity contribution is -0.141. The van der Waals surface area contributed by atoms with Gasteiger partial charge in [0.2, 0.25) is 5.91 Å². The minimum atomic E-state index is -1.10. The van der Waals surface area contributed by atoms with Crippen molar-refractivity contribution in [3.05, 3.63) is 58.1 Å². The molecule has 5 nitrogen and oxygen atoms in total. The summed E-state index contributed by atoms with van der Waals surface area (Å²) in [5.74, 6) is -0.456. The third-order valence-corrected chi connectivity index (χ3v) is 3.88. The molecule has 0 saturated heterocycles. The zero-order valence-corrected chi connectivity index (χ0v) is 14.3. The molecule has 1 unspecified atom stereocenters. The predicted molar refractivity (Wildman–Crippen MR) is 91.9 cm³/mol. The largest absolute Gasteiger partial charge is 0.480 e. The van der Waals surface area contributed by atoms with Crippen LogP contribution < -0.4 is 10.1 Å². The molecule has 24 heavy (non-hydrogen) atoms. The number of carboxylic acid groups (broad SMARTS) is 1. The van der Waals surface area contributed by atoms with E-state index in [9.17, 15) is 14.7 Å². The van der Waals surface area contributed by atoms with Crippen LogP contribution in [0.15, 0.2) is 42.5 Å². The molecule has 0 spiro atoms. The van der Waals surface area contributed by atoms with Gasteiger partial charge >= 0.3 is 5.97 Å². The average molecular weight is 368 g/mol. The van der Waals surface area contributed by atoms with E-state index in [1.54, 1.807) is 42.5 Å². The number of aliphatic carboxylic acids is 1. The van der Waals surface area contributed by atoms with E-state index >= 15 is 0 Å². The molecule has 1 amide bonds. The van der Waals surface area contributed by atoms with Crippen molar-refractivity contribution in [2.45, 2.75) is 19.4 Å². The van der Waals surface area contributed by atoms with Crippen molar-refractivity contribution >= 4 is 35.1 Å². The van der Waals surface area contributed by atoms with Gasteiger partial charge in [0, 0.05) is 19.4 Å². The van der Waals surface area contributed by atoms with Crippen LogP contribution in [0.3, 0.4) is 0 Å². The average Bonchev–Trinajstić information content (AvgIpc) is 2.50. The molecule has 7 heteroatoms. The number of nitrogens with one attached hydrogen (secondary N) is 1. The molecule has 0 saturated carbocycles. The molecule has 0 heterocycles. The molecular formula is C17H15Cl2NO4. The van der Waals surface area contributed by atoms with Gasteiger partial charge in [-0.1, -0.05) is 35.3 Å². The number of hydrogen-bond donors (Lipinski definition) is 2. The summed E-state index contributed by atoms with van der Waals surface area (Å²) in [6.45, 7) is 1.28. The van der Waals surface area contributed by atoms with E-state index in [1.165, 1.54) is 6.92 Å². The van der Waals surface area contributed by atoms with Crippen molar-refractivity contribution in [3.8, 4) is 11.5 Å². The van der Waals surface area contributed by atoms with Crippen molar-refractivity contribution in [2.75, 3.05) is 0 Å². The molecule has 0 radical (unpaired) electrons. The monoisotopic (exact) mass is 367 g/mol. The van der Waals surface area contributed by atoms with Gasteiger partial charge in [-0.05, 0) is 29.8 Å². The first-order valence-corrected chi connectivity index (χ1v) is 7.82. The lowest BCUT2D eigenvalue weighted by Gasteiger charge is -2.14. The zero-order valence-electron chi connectivity index (χ0n) is 12.8. The molecule has 1 atom stereocenters. The topological polar surface area (TPSA) is 75.6 Å². The molecule has 0 bridgehead atoms. The summed E-state index contributed by atoms with van der Waals surface area (Å²) in [5, 5.41) is 12.4. The highest BCUT2D eigenvalue weighted by atomic mass is 35.5. The van der Waals surface area contributed by atoms with Gasteiger partial charge in [-0.15, -0.1) is 0 Å².